The summed E-state index contributed by atoms with van der Waals surface area (Å²) in [5.74, 6) is 0.504. The van der Waals surface area contributed by atoms with Gasteiger partial charge >= 0.3 is 0 Å². The Morgan fingerprint density at radius 1 is 1.04 bits per heavy atom. The molecule has 6 heteroatoms. The van der Waals surface area contributed by atoms with E-state index in [0.717, 1.165) is 58.4 Å². The number of amides is 2. The molecule has 6 nitrogen and oxygen atoms in total. The Kier molecular flexibility index (Phi) is 7.24. The van der Waals surface area contributed by atoms with E-state index >= 15 is 0 Å². The van der Waals surface area contributed by atoms with Gasteiger partial charge in [0.15, 0.2) is 0 Å². The molecular weight excluding hydrogens is 340 g/mol. The Bertz CT molecular complexity index is 614. The van der Waals surface area contributed by atoms with Gasteiger partial charge in [0.2, 0.25) is 11.8 Å². The van der Waals surface area contributed by atoms with Crippen molar-refractivity contribution in [2.45, 2.75) is 44.7 Å². The van der Waals surface area contributed by atoms with E-state index in [1.807, 2.05) is 6.07 Å². The number of carbonyl (C=O) groups is 2. The van der Waals surface area contributed by atoms with Crippen LogP contribution in [0.3, 0.4) is 0 Å². The largest absolute Gasteiger partial charge is 0.369 e. The van der Waals surface area contributed by atoms with E-state index in [-0.39, 0.29) is 17.9 Å². The first kappa shape index (κ1) is 19.8. The molecule has 27 heavy (non-hydrogen) atoms. The summed E-state index contributed by atoms with van der Waals surface area (Å²) >= 11 is 0. The monoisotopic (exact) mass is 372 g/mol. The fraction of sp³-hybridized carbons (Fsp3) is 0.619. The maximum absolute atomic E-state index is 12.3. The van der Waals surface area contributed by atoms with Crippen molar-refractivity contribution in [2.24, 2.45) is 11.7 Å². The van der Waals surface area contributed by atoms with Gasteiger partial charge in [-0.05, 0) is 50.3 Å². The van der Waals surface area contributed by atoms with E-state index in [2.05, 4.69) is 39.4 Å². The molecule has 0 unspecified atom stereocenters. The zero-order chi connectivity index (χ0) is 19.1. The van der Waals surface area contributed by atoms with E-state index in [9.17, 15) is 9.59 Å². The second kappa shape index (κ2) is 9.85. The molecule has 2 aliphatic rings. The topological polar surface area (TPSA) is 78.7 Å². The van der Waals surface area contributed by atoms with Crippen LogP contribution >= 0.6 is 0 Å². The Morgan fingerprint density at radius 3 is 2.44 bits per heavy atom. The highest BCUT2D eigenvalue weighted by Gasteiger charge is 2.25. The standard InChI is InChI=1S/C21H32N4O2/c22-20(26)16-24-11-8-17(9-12-24)6-7-21(27)23-19-10-13-25(15-19)14-18-4-2-1-3-5-18/h1-5,17,19H,6-16H2,(H2,22,26)(H,23,27)/t19-/m0/s1. The van der Waals surface area contributed by atoms with Crippen molar-refractivity contribution >= 4 is 11.8 Å². The number of likely N-dealkylation sites (tertiary alicyclic amines) is 2. The number of carbonyl (C=O) groups excluding carboxylic acids is 2. The lowest BCUT2D eigenvalue weighted by Crippen LogP contribution is -2.40. The maximum Gasteiger partial charge on any atom is 0.231 e. The molecule has 1 aromatic rings. The van der Waals surface area contributed by atoms with Gasteiger partial charge in [0, 0.05) is 32.1 Å². The van der Waals surface area contributed by atoms with Gasteiger partial charge in [0.25, 0.3) is 0 Å². The van der Waals surface area contributed by atoms with Crippen LogP contribution in [0, 0.1) is 5.92 Å². The van der Waals surface area contributed by atoms with Crippen molar-refractivity contribution in [1.82, 2.24) is 15.1 Å². The second-order valence-electron chi connectivity index (χ2n) is 8.00. The summed E-state index contributed by atoms with van der Waals surface area (Å²) in [6, 6.07) is 10.8. The molecule has 1 aromatic carbocycles. The summed E-state index contributed by atoms with van der Waals surface area (Å²) in [6.07, 6.45) is 4.68. The van der Waals surface area contributed by atoms with Crippen LogP contribution in [0.4, 0.5) is 0 Å². The molecule has 0 spiro atoms. The first-order chi connectivity index (χ1) is 13.1. The van der Waals surface area contributed by atoms with Crippen LogP contribution in [0.5, 0.6) is 0 Å². The number of nitrogens with zero attached hydrogens (tertiary/aromatic N) is 2. The van der Waals surface area contributed by atoms with Gasteiger partial charge in [-0.3, -0.25) is 19.4 Å². The van der Waals surface area contributed by atoms with Crippen molar-refractivity contribution in [3.8, 4) is 0 Å². The van der Waals surface area contributed by atoms with Crippen LogP contribution in [0.2, 0.25) is 0 Å². The summed E-state index contributed by atoms with van der Waals surface area (Å²) in [5, 5.41) is 3.22. The first-order valence-corrected chi connectivity index (χ1v) is 10.1. The highest BCUT2D eigenvalue weighted by atomic mass is 16.2. The minimum Gasteiger partial charge on any atom is -0.369 e. The first-order valence-electron chi connectivity index (χ1n) is 10.1. The molecule has 2 aliphatic heterocycles. The van der Waals surface area contributed by atoms with Gasteiger partial charge < -0.3 is 11.1 Å². The van der Waals surface area contributed by atoms with Crippen molar-refractivity contribution in [3.63, 3.8) is 0 Å². The number of primary amides is 1. The zero-order valence-corrected chi connectivity index (χ0v) is 16.1. The maximum atomic E-state index is 12.3. The number of nitrogens with one attached hydrogen (secondary N) is 1. The van der Waals surface area contributed by atoms with E-state index in [0.29, 0.717) is 18.9 Å². The van der Waals surface area contributed by atoms with Crippen LogP contribution in [-0.4, -0.2) is 60.4 Å². The Hall–Kier alpha value is -1.92. The quantitative estimate of drug-likeness (QED) is 0.722. The molecule has 0 saturated carbocycles. The second-order valence-corrected chi connectivity index (χ2v) is 8.00. The molecule has 2 fully saturated rings. The van der Waals surface area contributed by atoms with Crippen molar-refractivity contribution in [2.75, 3.05) is 32.7 Å². The fourth-order valence-electron chi connectivity index (χ4n) is 4.22. The number of hydrogen-bond acceptors (Lipinski definition) is 4. The molecule has 0 aliphatic carbocycles. The van der Waals surface area contributed by atoms with Crippen molar-refractivity contribution in [3.05, 3.63) is 35.9 Å². The molecule has 3 rings (SSSR count). The number of piperidine rings is 1. The summed E-state index contributed by atoms with van der Waals surface area (Å²) in [6.45, 7) is 5.11. The van der Waals surface area contributed by atoms with Gasteiger partial charge in [-0.2, -0.15) is 0 Å². The van der Waals surface area contributed by atoms with Crippen molar-refractivity contribution < 1.29 is 9.59 Å². The van der Waals surface area contributed by atoms with Gasteiger partial charge in [-0.15, -0.1) is 0 Å². The van der Waals surface area contributed by atoms with Gasteiger partial charge in [-0.1, -0.05) is 30.3 Å². The molecule has 0 radical (unpaired) electrons. The van der Waals surface area contributed by atoms with Crippen LogP contribution in [0.1, 0.15) is 37.7 Å². The zero-order valence-electron chi connectivity index (χ0n) is 16.1. The average Bonchev–Trinajstić information content (AvgIpc) is 3.08. The normalized spacial score (nSPS) is 22.0. The highest BCUT2D eigenvalue weighted by Crippen LogP contribution is 2.22. The third-order valence-corrected chi connectivity index (χ3v) is 5.75. The molecule has 3 N–H and O–H groups in total. The molecular formula is C21H32N4O2. The Balaban J connectivity index is 1.30. The highest BCUT2D eigenvalue weighted by molar-refractivity contribution is 5.76. The SMILES string of the molecule is NC(=O)CN1CCC(CCC(=O)N[C@H]2CCN(Cc3ccccc3)C2)CC1. The van der Waals surface area contributed by atoms with Gasteiger partial charge in [0.1, 0.15) is 0 Å². The third kappa shape index (κ3) is 6.63. The van der Waals surface area contributed by atoms with Gasteiger partial charge in [0.05, 0.1) is 6.54 Å². The smallest absolute Gasteiger partial charge is 0.231 e. The predicted molar refractivity (Wildman–Crippen MR) is 106 cm³/mol. The lowest BCUT2D eigenvalue weighted by atomic mass is 9.92. The van der Waals surface area contributed by atoms with Crippen LogP contribution in [0.25, 0.3) is 0 Å². The van der Waals surface area contributed by atoms with Crippen LogP contribution in [0.15, 0.2) is 30.3 Å². The minimum atomic E-state index is -0.259. The number of benzene rings is 1. The lowest BCUT2D eigenvalue weighted by molar-refractivity contribution is -0.122. The molecule has 2 heterocycles. The summed E-state index contributed by atoms with van der Waals surface area (Å²) in [7, 11) is 0. The third-order valence-electron chi connectivity index (χ3n) is 5.75. The van der Waals surface area contributed by atoms with Crippen LogP contribution in [-0.2, 0) is 16.1 Å². The number of rotatable bonds is 8. The predicted octanol–water partition coefficient (Wildman–Crippen LogP) is 1.35. The molecule has 2 amide bonds. The summed E-state index contributed by atoms with van der Waals surface area (Å²) in [5.41, 5.74) is 6.58. The average molecular weight is 373 g/mol. The van der Waals surface area contributed by atoms with Gasteiger partial charge in [-0.25, -0.2) is 0 Å². The molecule has 148 valence electrons. The Labute approximate surface area is 162 Å². The van der Waals surface area contributed by atoms with Crippen molar-refractivity contribution in [1.29, 1.82) is 0 Å². The van der Waals surface area contributed by atoms with E-state index in [1.54, 1.807) is 0 Å². The molecule has 0 bridgehead atoms. The summed E-state index contributed by atoms with van der Waals surface area (Å²) < 4.78 is 0. The minimum absolute atomic E-state index is 0.182. The summed E-state index contributed by atoms with van der Waals surface area (Å²) in [4.78, 5) is 27.8. The molecule has 0 aromatic heterocycles. The van der Waals surface area contributed by atoms with E-state index < -0.39 is 0 Å². The number of hydrogen-bond donors (Lipinski definition) is 2. The molecule has 1 atom stereocenters. The lowest BCUT2D eigenvalue weighted by Gasteiger charge is -2.31. The fourth-order valence-corrected chi connectivity index (χ4v) is 4.22. The molecule has 2 saturated heterocycles. The Morgan fingerprint density at radius 2 is 1.74 bits per heavy atom. The van der Waals surface area contributed by atoms with E-state index in [1.165, 1.54) is 5.56 Å². The van der Waals surface area contributed by atoms with Crippen LogP contribution < -0.4 is 11.1 Å². The van der Waals surface area contributed by atoms with E-state index in [4.69, 9.17) is 5.73 Å². The number of nitrogens with two attached hydrogens (primary N) is 1.